The molecular weight excluding hydrogens is 368 g/mol. The summed E-state index contributed by atoms with van der Waals surface area (Å²) in [5.41, 5.74) is 5.60. The molecule has 0 radical (unpaired) electrons. The number of carbonyl (C=O) groups is 1. The molecule has 0 N–H and O–H groups in total. The van der Waals surface area contributed by atoms with Crippen LogP contribution in [0, 0.1) is 13.8 Å². The van der Waals surface area contributed by atoms with Gasteiger partial charge in [-0.15, -0.1) is 11.3 Å². The molecule has 3 aromatic rings. The molecule has 1 saturated heterocycles. The lowest BCUT2D eigenvalue weighted by Gasteiger charge is -2.37. The number of anilines is 1. The standard InChI is InChI=1S/C22H24N4OS/c1-16-6-5-8-20(17(16)2)25-10-12-26(13-11-25)21(27)14-18-15-28-22(24-18)19-7-3-4-9-23-19/h3-9,15H,10-14H2,1-2H3. The number of rotatable bonds is 4. The van der Waals surface area contributed by atoms with E-state index >= 15 is 0 Å². The molecule has 28 heavy (non-hydrogen) atoms. The molecule has 3 heterocycles. The Kier molecular flexibility index (Phi) is 5.39. The van der Waals surface area contributed by atoms with Crippen molar-refractivity contribution in [3.8, 4) is 10.7 Å². The monoisotopic (exact) mass is 392 g/mol. The Morgan fingerprint density at radius 1 is 1.07 bits per heavy atom. The first-order valence-corrected chi connectivity index (χ1v) is 10.4. The first-order valence-electron chi connectivity index (χ1n) is 9.56. The van der Waals surface area contributed by atoms with Crippen molar-refractivity contribution >= 4 is 22.9 Å². The van der Waals surface area contributed by atoms with Gasteiger partial charge in [-0.3, -0.25) is 9.78 Å². The number of hydrogen-bond donors (Lipinski definition) is 0. The summed E-state index contributed by atoms with van der Waals surface area (Å²) < 4.78 is 0. The van der Waals surface area contributed by atoms with Crippen LogP contribution in [0.5, 0.6) is 0 Å². The van der Waals surface area contributed by atoms with E-state index in [4.69, 9.17) is 0 Å². The van der Waals surface area contributed by atoms with E-state index in [2.05, 4.69) is 46.9 Å². The zero-order valence-corrected chi connectivity index (χ0v) is 17.1. The lowest BCUT2D eigenvalue weighted by Crippen LogP contribution is -2.49. The Morgan fingerprint density at radius 3 is 2.64 bits per heavy atom. The molecule has 0 bridgehead atoms. The molecular formula is C22H24N4OS. The van der Waals surface area contributed by atoms with Gasteiger partial charge in [0, 0.05) is 43.4 Å². The number of piperazine rings is 1. The number of carbonyl (C=O) groups excluding carboxylic acids is 1. The third-order valence-corrected chi connectivity index (χ3v) is 6.23. The molecule has 1 aliphatic rings. The molecule has 0 unspecified atom stereocenters. The van der Waals surface area contributed by atoms with Crippen LogP contribution >= 0.6 is 11.3 Å². The van der Waals surface area contributed by atoms with Crippen LogP contribution < -0.4 is 4.90 Å². The molecule has 0 atom stereocenters. The highest BCUT2D eigenvalue weighted by Crippen LogP contribution is 2.25. The van der Waals surface area contributed by atoms with Crippen LogP contribution in [0.25, 0.3) is 10.7 Å². The van der Waals surface area contributed by atoms with E-state index in [0.717, 1.165) is 42.6 Å². The van der Waals surface area contributed by atoms with Gasteiger partial charge in [0.15, 0.2) is 0 Å². The Balaban J connectivity index is 1.36. The van der Waals surface area contributed by atoms with Crippen molar-refractivity contribution in [2.45, 2.75) is 20.3 Å². The van der Waals surface area contributed by atoms with Gasteiger partial charge in [0.05, 0.1) is 17.8 Å². The minimum Gasteiger partial charge on any atom is -0.368 e. The highest BCUT2D eigenvalue weighted by molar-refractivity contribution is 7.13. The summed E-state index contributed by atoms with van der Waals surface area (Å²) in [5.74, 6) is 0.151. The van der Waals surface area contributed by atoms with Gasteiger partial charge in [-0.2, -0.15) is 0 Å². The van der Waals surface area contributed by atoms with Crippen molar-refractivity contribution in [2.75, 3.05) is 31.1 Å². The molecule has 1 aromatic carbocycles. The van der Waals surface area contributed by atoms with Gasteiger partial charge in [-0.25, -0.2) is 4.98 Å². The van der Waals surface area contributed by atoms with E-state index in [1.807, 2.05) is 28.5 Å². The third-order valence-electron chi connectivity index (χ3n) is 5.32. The van der Waals surface area contributed by atoms with Crippen LogP contribution in [0.1, 0.15) is 16.8 Å². The van der Waals surface area contributed by atoms with E-state index in [-0.39, 0.29) is 5.91 Å². The summed E-state index contributed by atoms with van der Waals surface area (Å²) in [6.07, 6.45) is 2.11. The molecule has 5 nitrogen and oxygen atoms in total. The molecule has 6 heteroatoms. The van der Waals surface area contributed by atoms with Crippen molar-refractivity contribution < 1.29 is 4.79 Å². The minimum absolute atomic E-state index is 0.151. The average Bonchev–Trinajstić information content (AvgIpc) is 3.19. The van der Waals surface area contributed by atoms with Gasteiger partial charge in [0.25, 0.3) is 0 Å². The zero-order chi connectivity index (χ0) is 19.5. The molecule has 1 fully saturated rings. The average molecular weight is 393 g/mol. The Hall–Kier alpha value is -2.73. The molecule has 144 valence electrons. The van der Waals surface area contributed by atoms with Crippen molar-refractivity contribution in [1.29, 1.82) is 0 Å². The smallest absolute Gasteiger partial charge is 0.228 e. The van der Waals surface area contributed by atoms with E-state index in [1.54, 1.807) is 6.20 Å². The van der Waals surface area contributed by atoms with Crippen LogP contribution in [0.15, 0.2) is 48.0 Å². The van der Waals surface area contributed by atoms with E-state index in [1.165, 1.54) is 28.2 Å². The maximum Gasteiger partial charge on any atom is 0.228 e. The number of amides is 1. The Bertz CT molecular complexity index is 962. The largest absolute Gasteiger partial charge is 0.368 e. The van der Waals surface area contributed by atoms with Crippen LogP contribution in [0.2, 0.25) is 0 Å². The normalized spacial score (nSPS) is 14.4. The number of nitrogens with zero attached hydrogens (tertiary/aromatic N) is 4. The molecule has 0 saturated carbocycles. The predicted molar refractivity (Wildman–Crippen MR) is 114 cm³/mol. The minimum atomic E-state index is 0.151. The van der Waals surface area contributed by atoms with Gasteiger partial charge in [0.2, 0.25) is 5.91 Å². The summed E-state index contributed by atoms with van der Waals surface area (Å²) in [6, 6.07) is 12.2. The third kappa shape index (κ3) is 3.92. The van der Waals surface area contributed by atoms with Crippen LogP contribution in [-0.4, -0.2) is 47.0 Å². The predicted octanol–water partition coefficient (Wildman–Crippen LogP) is 3.71. The molecule has 0 spiro atoms. The highest BCUT2D eigenvalue weighted by atomic mass is 32.1. The topological polar surface area (TPSA) is 49.3 Å². The van der Waals surface area contributed by atoms with Gasteiger partial charge < -0.3 is 9.80 Å². The summed E-state index contributed by atoms with van der Waals surface area (Å²) in [4.78, 5) is 26.0. The van der Waals surface area contributed by atoms with E-state index < -0.39 is 0 Å². The number of benzene rings is 1. The highest BCUT2D eigenvalue weighted by Gasteiger charge is 2.23. The van der Waals surface area contributed by atoms with Crippen LogP contribution in [0.3, 0.4) is 0 Å². The van der Waals surface area contributed by atoms with Crippen LogP contribution in [0.4, 0.5) is 5.69 Å². The van der Waals surface area contributed by atoms with Gasteiger partial charge in [-0.05, 0) is 43.2 Å². The first-order chi connectivity index (χ1) is 13.6. The summed E-state index contributed by atoms with van der Waals surface area (Å²) in [6.45, 7) is 7.56. The van der Waals surface area contributed by atoms with Crippen molar-refractivity contribution in [3.05, 3.63) is 64.8 Å². The Labute approximate surface area is 169 Å². The lowest BCUT2D eigenvalue weighted by atomic mass is 10.1. The second-order valence-corrected chi connectivity index (χ2v) is 7.98. The van der Waals surface area contributed by atoms with Gasteiger partial charge in [-0.1, -0.05) is 18.2 Å². The fourth-order valence-corrected chi connectivity index (χ4v) is 4.33. The van der Waals surface area contributed by atoms with Crippen molar-refractivity contribution in [2.24, 2.45) is 0 Å². The van der Waals surface area contributed by atoms with Crippen LogP contribution in [-0.2, 0) is 11.2 Å². The molecule has 1 aliphatic heterocycles. The zero-order valence-electron chi connectivity index (χ0n) is 16.3. The van der Waals surface area contributed by atoms with Crippen molar-refractivity contribution in [3.63, 3.8) is 0 Å². The quantitative estimate of drug-likeness (QED) is 0.679. The molecule has 0 aliphatic carbocycles. The van der Waals surface area contributed by atoms with Gasteiger partial charge in [0.1, 0.15) is 5.01 Å². The maximum absolute atomic E-state index is 12.7. The summed E-state index contributed by atoms with van der Waals surface area (Å²) in [5, 5.41) is 2.83. The second-order valence-electron chi connectivity index (χ2n) is 7.12. The van der Waals surface area contributed by atoms with E-state index in [9.17, 15) is 4.79 Å². The maximum atomic E-state index is 12.7. The molecule has 4 rings (SSSR count). The fourth-order valence-electron chi connectivity index (χ4n) is 3.54. The van der Waals surface area contributed by atoms with E-state index in [0.29, 0.717) is 6.42 Å². The second kappa shape index (κ2) is 8.10. The SMILES string of the molecule is Cc1cccc(N2CCN(C(=O)Cc3csc(-c4ccccn4)n3)CC2)c1C. The number of thiazole rings is 1. The number of pyridine rings is 1. The number of aryl methyl sites for hydroxylation is 1. The fraction of sp³-hybridized carbons (Fsp3) is 0.318. The van der Waals surface area contributed by atoms with Crippen molar-refractivity contribution in [1.82, 2.24) is 14.9 Å². The molecule has 2 aromatic heterocycles. The lowest BCUT2D eigenvalue weighted by molar-refractivity contribution is -0.130. The number of hydrogen-bond acceptors (Lipinski definition) is 5. The molecule has 1 amide bonds. The summed E-state index contributed by atoms with van der Waals surface area (Å²) in [7, 11) is 0. The number of aromatic nitrogens is 2. The first kappa shape index (κ1) is 18.6. The van der Waals surface area contributed by atoms with Gasteiger partial charge >= 0.3 is 0 Å². The summed E-state index contributed by atoms with van der Waals surface area (Å²) >= 11 is 1.54. The Morgan fingerprint density at radius 2 is 1.89 bits per heavy atom.